The van der Waals surface area contributed by atoms with E-state index >= 15 is 0 Å². The van der Waals surface area contributed by atoms with E-state index in [1.807, 2.05) is 30.3 Å². The summed E-state index contributed by atoms with van der Waals surface area (Å²) in [6.45, 7) is 13.7. The summed E-state index contributed by atoms with van der Waals surface area (Å²) in [6.07, 6.45) is 3.27. The normalized spacial score (nSPS) is 11.7. The molecule has 3 heterocycles. The van der Waals surface area contributed by atoms with Gasteiger partial charge in [-0.05, 0) is 75.5 Å². The van der Waals surface area contributed by atoms with Gasteiger partial charge in [-0.2, -0.15) is 0 Å². The Labute approximate surface area is 413 Å². The fourth-order valence-electron chi connectivity index (χ4n) is 9.23. The molecule has 3 aromatic heterocycles. The predicted octanol–water partition coefficient (Wildman–Crippen LogP) is 16.3. The second kappa shape index (κ2) is 20.2. The minimum Gasteiger partial charge on any atom is -0.501 e. The van der Waals surface area contributed by atoms with Gasteiger partial charge in [0, 0.05) is 31.2 Å². The first kappa shape index (κ1) is 47.6. The molecule has 0 fully saturated rings. The third kappa shape index (κ3) is 9.93. The van der Waals surface area contributed by atoms with E-state index in [4.69, 9.17) is 14.4 Å². The van der Waals surface area contributed by atoms with E-state index in [0.29, 0.717) is 5.92 Å². The molecule has 0 aliphatic carbocycles. The van der Waals surface area contributed by atoms with Gasteiger partial charge in [0.1, 0.15) is 5.58 Å². The van der Waals surface area contributed by atoms with Crippen LogP contribution in [-0.2, 0) is 26.5 Å². The van der Waals surface area contributed by atoms with Crippen LogP contribution in [0.15, 0.2) is 168 Å². The molecule has 0 spiro atoms. The fourth-order valence-corrected chi connectivity index (χ4v) is 12.6. The van der Waals surface area contributed by atoms with Crippen LogP contribution >= 0.6 is 0 Å². The largest absolute Gasteiger partial charge is 0.501 e. The van der Waals surface area contributed by atoms with Crippen molar-refractivity contribution < 1.29 is 24.5 Å². The Kier molecular flexibility index (Phi) is 14.3. The van der Waals surface area contributed by atoms with Crippen LogP contribution in [0.1, 0.15) is 70.1 Å². The molecule has 1 radical (unpaired) electrons. The number of aromatic nitrogens is 3. The first-order chi connectivity index (χ1) is 31.9. The number of fused-ring (bicyclic) bond motifs is 4. The van der Waals surface area contributed by atoms with Crippen LogP contribution < -0.4 is 4.40 Å². The molecule has 10 rings (SSSR count). The average Bonchev–Trinajstić information content (AvgIpc) is 3.90. The summed E-state index contributed by atoms with van der Waals surface area (Å²) in [5.74, 6) is 9.40. The van der Waals surface area contributed by atoms with E-state index in [-0.39, 0.29) is 31.9 Å². The van der Waals surface area contributed by atoms with Gasteiger partial charge in [0.25, 0.3) is 0 Å². The first-order valence-corrected chi connectivity index (χ1v) is 30.8. The zero-order valence-corrected chi connectivity index (χ0v) is 44.6. The summed E-state index contributed by atoms with van der Waals surface area (Å²) in [4.78, 5) is 10.00. The Morgan fingerprint density at radius 1 is 0.612 bits per heavy atom. The second-order valence-electron chi connectivity index (χ2n) is 19.6. The molecule has 0 bridgehead atoms. The topological polar surface area (TPSA) is 43.9 Å². The maximum absolute atomic E-state index is 6.73. The number of rotatable bonds is 10. The quantitative estimate of drug-likeness (QED) is 0.101. The van der Waals surface area contributed by atoms with Crippen LogP contribution in [0.4, 0.5) is 0 Å². The van der Waals surface area contributed by atoms with Crippen molar-refractivity contribution in [3.63, 3.8) is 0 Å². The van der Waals surface area contributed by atoms with E-state index in [0.717, 1.165) is 67.6 Å². The number of hydrogen-bond donors (Lipinski definition) is 0. The fraction of sp³-hybridized carbons (Fsp3) is 0.213. The summed E-state index contributed by atoms with van der Waals surface area (Å²) < 4.78 is 10.6. The molecule has 10 aromatic rings. The molecule has 4 nitrogen and oxygen atoms in total. The van der Waals surface area contributed by atoms with Crippen molar-refractivity contribution in [2.45, 2.75) is 77.1 Å². The number of hydrogen-bond acceptors (Lipinski definition) is 3. The third-order valence-corrected chi connectivity index (χ3v) is 16.8. The van der Waals surface area contributed by atoms with Crippen molar-refractivity contribution in [2.24, 2.45) is 5.92 Å². The Morgan fingerprint density at radius 3 is 1.88 bits per heavy atom. The number of benzene rings is 7. The van der Waals surface area contributed by atoms with Gasteiger partial charge in [0.05, 0.1) is 22.4 Å². The van der Waals surface area contributed by atoms with Crippen LogP contribution in [0, 0.1) is 18.1 Å². The van der Waals surface area contributed by atoms with Crippen LogP contribution in [0.2, 0.25) is 17.3 Å². The number of furan rings is 1. The Hall–Kier alpha value is -5.85. The summed E-state index contributed by atoms with van der Waals surface area (Å²) in [5.41, 5.74) is 16.7. The van der Waals surface area contributed by atoms with Gasteiger partial charge in [0.15, 0.2) is 0 Å². The van der Waals surface area contributed by atoms with Gasteiger partial charge in [-0.3, -0.25) is 4.98 Å². The molecule has 0 atom stereocenters. The zero-order chi connectivity index (χ0) is 46.1. The molecule has 67 heavy (non-hydrogen) atoms. The van der Waals surface area contributed by atoms with E-state index < -0.39 is 13.3 Å². The SMILES string of the molecule is CC(C)Cc1cc(-c2[c-]cccc2)nc[c]1[Ge]([CH3])([CH3])[CH3].CC(C)c1cc(-c2ccccc2)cc(C(C)C)c1-n1c(-c2[c-]ccc3c2oc2cc(-c4ccccc4)ccc23)nc2ccccc21.[Ir]. The Morgan fingerprint density at radius 2 is 1.25 bits per heavy atom. The predicted molar refractivity (Wildman–Crippen MR) is 282 cm³/mol. The van der Waals surface area contributed by atoms with Crippen molar-refractivity contribution in [1.82, 2.24) is 14.5 Å². The van der Waals surface area contributed by atoms with Crippen LogP contribution in [-0.4, -0.2) is 27.8 Å². The summed E-state index contributed by atoms with van der Waals surface area (Å²) in [7, 11) is 0. The second-order valence-corrected chi connectivity index (χ2v) is 30.1. The van der Waals surface area contributed by atoms with Gasteiger partial charge in [-0.15, -0.1) is 18.2 Å². The molecule has 0 aliphatic rings. The monoisotopic (exact) mass is 1120 g/mol. The van der Waals surface area contributed by atoms with Gasteiger partial charge in [0.2, 0.25) is 0 Å². The standard InChI is InChI=1S/C43H35N2O.C18H24GeN.Ir/c1-27(2)36-24-32(30-16-9-6-10-17-30)25-37(28(3)4)41(36)45-39-21-12-11-20-38(39)44-43(45)35-19-13-18-34-33-23-22-31(26-40(33)46-42(34)35)29-14-7-5-8-15-29;1-14(2)11-16-12-18(15-9-7-6-8-10-15)20-13-17(16)19(3,4)5;/h5-18,20-28H,1-4H3;6-9,12-14H,11H2,1-5H3;/q2*-1;. The van der Waals surface area contributed by atoms with E-state index in [2.05, 4.69) is 209 Å². The Bertz CT molecular complexity index is 3260. The molecule has 0 aliphatic heterocycles. The summed E-state index contributed by atoms with van der Waals surface area (Å²) in [6, 6.07) is 62.1. The Balaban J connectivity index is 0.000000244. The van der Waals surface area contributed by atoms with E-state index in [1.54, 1.807) is 4.40 Å². The maximum Gasteiger partial charge on any atom is 0.121 e. The van der Waals surface area contributed by atoms with Crippen molar-refractivity contribution >= 4 is 50.6 Å². The number of para-hydroxylation sites is 2. The molecule has 0 amide bonds. The van der Waals surface area contributed by atoms with Gasteiger partial charge >= 0.3 is 126 Å². The van der Waals surface area contributed by atoms with E-state index in [9.17, 15) is 0 Å². The average molecular weight is 1110 g/mol. The number of imidazole rings is 1. The molecule has 339 valence electrons. The van der Waals surface area contributed by atoms with Crippen LogP contribution in [0.3, 0.4) is 0 Å². The van der Waals surface area contributed by atoms with Crippen LogP contribution in [0.25, 0.3) is 83.6 Å². The molecule has 0 unspecified atom stereocenters. The minimum atomic E-state index is -1.86. The van der Waals surface area contributed by atoms with Crippen molar-refractivity contribution in [2.75, 3.05) is 0 Å². The third-order valence-electron chi connectivity index (χ3n) is 12.5. The number of pyridine rings is 1. The summed E-state index contributed by atoms with van der Waals surface area (Å²) in [5, 5.41) is 2.15. The van der Waals surface area contributed by atoms with Crippen molar-refractivity contribution in [1.29, 1.82) is 0 Å². The maximum atomic E-state index is 6.73. The molecule has 6 heteroatoms. The molecule has 0 saturated carbocycles. The van der Waals surface area contributed by atoms with Gasteiger partial charge in [-0.1, -0.05) is 124 Å². The van der Waals surface area contributed by atoms with Crippen LogP contribution in [0.5, 0.6) is 0 Å². The molecular weight excluding hydrogens is 1060 g/mol. The molecule has 0 N–H and O–H groups in total. The number of nitrogens with zero attached hydrogens (tertiary/aromatic N) is 3. The first-order valence-electron chi connectivity index (χ1n) is 23.5. The van der Waals surface area contributed by atoms with E-state index in [1.165, 1.54) is 39.1 Å². The minimum absolute atomic E-state index is 0. The van der Waals surface area contributed by atoms with Gasteiger partial charge < -0.3 is 8.98 Å². The smallest absolute Gasteiger partial charge is 0.121 e. The van der Waals surface area contributed by atoms with Crippen molar-refractivity contribution in [3.05, 3.63) is 193 Å². The van der Waals surface area contributed by atoms with Crippen molar-refractivity contribution in [3.8, 4) is 50.6 Å². The van der Waals surface area contributed by atoms with Gasteiger partial charge in [-0.25, -0.2) is 0 Å². The zero-order valence-electron chi connectivity index (χ0n) is 40.1. The molecule has 7 aromatic carbocycles. The molecule has 0 saturated heterocycles. The summed E-state index contributed by atoms with van der Waals surface area (Å²) >= 11 is -1.86. The molecular formula is C61H59GeIrN3O-2.